The Bertz CT molecular complexity index is 519. The van der Waals surface area contributed by atoms with Gasteiger partial charge in [-0.3, -0.25) is 5.41 Å². The van der Waals surface area contributed by atoms with Crippen molar-refractivity contribution < 1.29 is 14.2 Å². The molecule has 0 radical (unpaired) electrons. The molecule has 0 aliphatic carbocycles. The SMILES string of the molecule is CC1(C)CN(c2ccc(C(=N)N)cc2F)CC(CO)O1. The monoisotopic (exact) mass is 281 g/mol. The molecule has 1 aliphatic rings. The molecule has 1 atom stereocenters. The molecule has 0 bridgehead atoms. The molecule has 1 unspecified atom stereocenters. The zero-order valence-corrected chi connectivity index (χ0v) is 11.7. The summed E-state index contributed by atoms with van der Waals surface area (Å²) >= 11 is 0. The number of rotatable bonds is 3. The largest absolute Gasteiger partial charge is 0.394 e. The number of ether oxygens (including phenoxy) is 1. The zero-order chi connectivity index (χ0) is 14.9. The molecular formula is C14H20FN3O2. The summed E-state index contributed by atoms with van der Waals surface area (Å²) in [7, 11) is 0. The smallest absolute Gasteiger partial charge is 0.147 e. The van der Waals surface area contributed by atoms with Crippen LogP contribution in [0.3, 0.4) is 0 Å². The van der Waals surface area contributed by atoms with Gasteiger partial charge in [0, 0.05) is 18.7 Å². The van der Waals surface area contributed by atoms with Crippen molar-refractivity contribution in [2.24, 2.45) is 5.73 Å². The molecule has 110 valence electrons. The van der Waals surface area contributed by atoms with Crippen molar-refractivity contribution in [3.63, 3.8) is 0 Å². The number of hydrogen-bond acceptors (Lipinski definition) is 4. The van der Waals surface area contributed by atoms with E-state index in [1.165, 1.54) is 6.07 Å². The molecule has 1 aromatic rings. The van der Waals surface area contributed by atoms with Gasteiger partial charge in [0.05, 0.1) is 24.0 Å². The number of nitrogens with one attached hydrogen (secondary N) is 1. The molecule has 0 aromatic heterocycles. The molecule has 0 saturated carbocycles. The number of nitrogen functional groups attached to an aromatic ring is 1. The van der Waals surface area contributed by atoms with Gasteiger partial charge in [-0.1, -0.05) is 0 Å². The molecule has 6 heteroatoms. The van der Waals surface area contributed by atoms with Crippen LogP contribution in [0.25, 0.3) is 0 Å². The van der Waals surface area contributed by atoms with Crippen LogP contribution >= 0.6 is 0 Å². The second-order valence-corrected chi connectivity index (χ2v) is 5.64. The number of hydrogen-bond donors (Lipinski definition) is 3. The predicted molar refractivity (Wildman–Crippen MR) is 75.7 cm³/mol. The van der Waals surface area contributed by atoms with E-state index < -0.39 is 11.4 Å². The summed E-state index contributed by atoms with van der Waals surface area (Å²) < 4.78 is 19.9. The minimum atomic E-state index is -0.461. The first-order chi connectivity index (χ1) is 9.32. The van der Waals surface area contributed by atoms with Gasteiger partial charge in [0.2, 0.25) is 0 Å². The number of amidine groups is 1. The molecule has 1 aromatic carbocycles. The molecular weight excluding hydrogens is 261 g/mol. The lowest BCUT2D eigenvalue weighted by atomic mass is 10.0. The van der Waals surface area contributed by atoms with Gasteiger partial charge in [-0.25, -0.2) is 4.39 Å². The number of anilines is 1. The van der Waals surface area contributed by atoms with Gasteiger partial charge >= 0.3 is 0 Å². The summed E-state index contributed by atoms with van der Waals surface area (Å²) in [6.07, 6.45) is -0.342. The summed E-state index contributed by atoms with van der Waals surface area (Å²) in [5.41, 5.74) is 5.68. The van der Waals surface area contributed by atoms with Gasteiger partial charge in [0.15, 0.2) is 0 Å². The third kappa shape index (κ3) is 3.08. The topological polar surface area (TPSA) is 82.6 Å². The molecule has 1 heterocycles. The van der Waals surface area contributed by atoms with Crippen molar-refractivity contribution in [3.05, 3.63) is 29.6 Å². The van der Waals surface area contributed by atoms with E-state index in [0.717, 1.165) is 0 Å². The number of nitrogens with zero attached hydrogens (tertiary/aromatic N) is 1. The van der Waals surface area contributed by atoms with E-state index in [4.69, 9.17) is 15.9 Å². The van der Waals surface area contributed by atoms with Gasteiger partial charge in [-0.2, -0.15) is 0 Å². The van der Waals surface area contributed by atoms with E-state index in [0.29, 0.717) is 24.3 Å². The Morgan fingerprint density at radius 1 is 1.60 bits per heavy atom. The highest BCUT2D eigenvalue weighted by atomic mass is 19.1. The van der Waals surface area contributed by atoms with Crippen LogP contribution in [0.15, 0.2) is 18.2 Å². The van der Waals surface area contributed by atoms with Crippen LogP contribution in [0, 0.1) is 11.2 Å². The molecule has 2 rings (SSSR count). The van der Waals surface area contributed by atoms with Crippen LogP contribution in [0.1, 0.15) is 19.4 Å². The average molecular weight is 281 g/mol. The lowest BCUT2D eigenvalue weighted by Crippen LogP contribution is -2.54. The predicted octanol–water partition coefficient (Wildman–Crippen LogP) is 1.09. The van der Waals surface area contributed by atoms with Crippen LogP contribution in [-0.2, 0) is 4.74 Å². The van der Waals surface area contributed by atoms with E-state index >= 15 is 0 Å². The number of morpholine rings is 1. The molecule has 20 heavy (non-hydrogen) atoms. The number of aliphatic hydroxyl groups is 1. The summed E-state index contributed by atoms with van der Waals surface area (Å²) in [4.78, 5) is 1.85. The van der Waals surface area contributed by atoms with Crippen LogP contribution in [-0.4, -0.2) is 42.3 Å². The maximum Gasteiger partial charge on any atom is 0.147 e. The highest BCUT2D eigenvalue weighted by molar-refractivity contribution is 5.95. The van der Waals surface area contributed by atoms with Crippen molar-refractivity contribution in [3.8, 4) is 0 Å². The summed E-state index contributed by atoms with van der Waals surface area (Å²) in [5, 5.41) is 16.6. The van der Waals surface area contributed by atoms with Crippen LogP contribution in [0.4, 0.5) is 10.1 Å². The Labute approximate surface area is 117 Å². The second-order valence-electron chi connectivity index (χ2n) is 5.64. The zero-order valence-electron chi connectivity index (χ0n) is 11.7. The van der Waals surface area contributed by atoms with E-state index in [1.807, 2.05) is 18.7 Å². The highest BCUT2D eigenvalue weighted by Crippen LogP contribution is 2.28. The fraction of sp³-hybridized carbons (Fsp3) is 0.500. The fourth-order valence-electron chi connectivity index (χ4n) is 2.51. The molecule has 1 saturated heterocycles. The standard InChI is InChI=1S/C14H20FN3O2/c1-14(2)8-18(6-10(7-19)20-14)12-4-3-9(13(16)17)5-11(12)15/h3-5,10,19H,6-8H2,1-2H3,(H3,16,17). The quantitative estimate of drug-likeness (QED) is 0.572. The Morgan fingerprint density at radius 2 is 2.30 bits per heavy atom. The first-order valence-electron chi connectivity index (χ1n) is 6.50. The van der Waals surface area contributed by atoms with Crippen molar-refractivity contribution in [1.29, 1.82) is 5.41 Å². The van der Waals surface area contributed by atoms with Gasteiger partial charge in [0.25, 0.3) is 0 Å². The molecule has 1 fully saturated rings. The van der Waals surface area contributed by atoms with Gasteiger partial charge in [0.1, 0.15) is 11.7 Å². The lowest BCUT2D eigenvalue weighted by molar-refractivity contribution is -0.101. The second kappa shape index (κ2) is 5.38. The summed E-state index contributed by atoms with van der Waals surface area (Å²) in [6, 6.07) is 4.49. The molecule has 1 aliphatic heterocycles. The van der Waals surface area contributed by atoms with Gasteiger partial charge in [-0.15, -0.1) is 0 Å². The fourth-order valence-corrected chi connectivity index (χ4v) is 2.51. The Morgan fingerprint density at radius 3 is 2.85 bits per heavy atom. The number of aliphatic hydroxyl groups excluding tert-OH is 1. The first kappa shape index (κ1) is 14.7. The van der Waals surface area contributed by atoms with Crippen LogP contribution < -0.4 is 10.6 Å². The van der Waals surface area contributed by atoms with E-state index in [2.05, 4.69) is 0 Å². The number of halogens is 1. The van der Waals surface area contributed by atoms with Crippen molar-refractivity contribution in [1.82, 2.24) is 0 Å². The third-order valence-electron chi connectivity index (χ3n) is 3.28. The number of benzene rings is 1. The molecule has 4 N–H and O–H groups in total. The van der Waals surface area contributed by atoms with Crippen LogP contribution in [0.2, 0.25) is 0 Å². The molecule has 0 spiro atoms. The maximum atomic E-state index is 14.2. The van der Waals surface area contributed by atoms with Crippen molar-refractivity contribution >= 4 is 11.5 Å². The lowest BCUT2D eigenvalue weighted by Gasteiger charge is -2.43. The normalized spacial score (nSPS) is 21.8. The first-order valence-corrected chi connectivity index (χ1v) is 6.50. The summed E-state index contributed by atoms with van der Waals surface area (Å²) in [5.74, 6) is -0.585. The average Bonchev–Trinajstić information content (AvgIpc) is 2.36. The maximum absolute atomic E-state index is 14.2. The minimum absolute atomic E-state index is 0.104. The van der Waals surface area contributed by atoms with Gasteiger partial charge in [-0.05, 0) is 32.0 Å². The Balaban J connectivity index is 2.28. The van der Waals surface area contributed by atoms with Crippen molar-refractivity contribution in [2.75, 3.05) is 24.6 Å². The van der Waals surface area contributed by atoms with E-state index in [1.54, 1.807) is 12.1 Å². The molecule has 5 nitrogen and oxygen atoms in total. The highest BCUT2D eigenvalue weighted by Gasteiger charge is 2.34. The van der Waals surface area contributed by atoms with Gasteiger partial charge < -0.3 is 20.5 Å². The summed E-state index contributed by atoms with van der Waals surface area (Å²) in [6.45, 7) is 4.66. The van der Waals surface area contributed by atoms with E-state index in [9.17, 15) is 9.50 Å². The Hall–Kier alpha value is -1.66. The number of nitrogens with two attached hydrogens (primary N) is 1. The van der Waals surface area contributed by atoms with Crippen molar-refractivity contribution in [2.45, 2.75) is 25.6 Å². The van der Waals surface area contributed by atoms with Crippen LogP contribution in [0.5, 0.6) is 0 Å². The minimum Gasteiger partial charge on any atom is -0.394 e. The van der Waals surface area contributed by atoms with E-state index in [-0.39, 0.29) is 18.5 Å². The third-order valence-corrected chi connectivity index (χ3v) is 3.28. The molecule has 0 amide bonds. The Kier molecular flexibility index (Phi) is 3.96.